The van der Waals surface area contributed by atoms with Crippen LogP contribution in [-0.4, -0.2) is 26.4 Å². The summed E-state index contributed by atoms with van der Waals surface area (Å²) in [6, 6.07) is 0. The van der Waals surface area contributed by atoms with E-state index in [9.17, 15) is 0 Å². The molecule has 2 aliphatic rings. The summed E-state index contributed by atoms with van der Waals surface area (Å²) in [4.78, 5) is 0. The van der Waals surface area contributed by atoms with Gasteiger partial charge in [-0.15, -0.1) is 0 Å². The molecule has 0 bridgehead atoms. The van der Waals surface area contributed by atoms with E-state index in [0.29, 0.717) is 5.41 Å². The molecule has 0 aliphatic heterocycles. The normalized spacial score (nSPS) is 22.6. The van der Waals surface area contributed by atoms with Crippen molar-refractivity contribution in [1.82, 2.24) is 0 Å². The maximum absolute atomic E-state index is 6.02. The summed E-state index contributed by atoms with van der Waals surface area (Å²) in [5, 5.41) is 0. The second-order valence-corrected chi connectivity index (χ2v) is 7.18. The van der Waals surface area contributed by atoms with E-state index in [1.165, 1.54) is 64.2 Å². The highest BCUT2D eigenvalue weighted by Crippen LogP contribution is 2.49. The summed E-state index contributed by atoms with van der Waals surface area (Å²) < 4.78 is 12.0. The fraction of sp³-hybridized carbons (Fsp3) is 1.00. The Labute approximate surface area is 132 Å². The lowest BCUT2D eigenvalue weighted by molar-refractivity contribution is -0.103. The minimum atomic E-state index is 0.298. The lowest BCUT2D eigenvalue weighted by Gasteiger charge is -2.49. The minimum absolute atomic E-state index is 0.298. The van der Waals surface area contributed by atoms with Gasteiger partial charge in [-0.1, -0.05) is 38.5 Å². The van der Waals surface area contributed by atoms with Gasteiger partial charge < -0.3 is 9.47 Å². The van der Waals surface area contributed by atoms with Gasteiger partial charge in [0, 0.05) is 18.6 Å². The van der Waals surface area contributed by atoms with E-state index >= 15 is 0 Å². The van der Waals surface area contributed by atoms with E-state index in [0.717, 1.165) is 38.3 Å². The van der Waals surface area contributed by atoms with Crippen molar-refractivity contribution < 1.29 is 9.47 Å². The van der Waals surface area contributed by atoms with E-state index in [1.54, 1.807) is 0 Å². The molecule has 2 nitrogen and oxygen atoms in total. The highest BCUT2D eigenvalue weighted by Gasteiger charge is 2.46. The Morgan fingerprint density at radius 3 is 1.38 bits per heavy atom. The molecule has 0 aromatic rings. The zero-order valence-corrected chi connectivity index (χ0v) is 14.4. The quantitative estimate of drug-likeness (QED) is 0.612. The molecular formula is C19H36O2. The van der Waals surface area contributed by atoms with Gasteiger partial charge in [0.25, 0.3) is 0 Å². The summed E-state index contributed by atoms with van der Waals surface area (Å²) in [6.45, 7) is 7.80. The molecule has 0 radical (unpaired) electrons. The third kappa shape index (κ3) is 4.45. The topological polar surface area (TPSA) is 18.5 Å². The molecule has 2 rings (SSSR count). The van der Waals surface area contributed by atoms with Crippen LogP contribution in [-0.2, 0) is 9.47 Å². The monoisotopic (exact) mass is 296 g/mol. The Bertz CT molecular complexity index is 237. The smallest absolute Gasteiger partial charge is 0.0549 e. The summed E-state index contributed by atoms with van der Waals surface area (Å²) in [5.74, 6) is 1.65. The average Bonchev–Trinajstić information content (AvgIpc) is 2.57. The van der Waals surface area contributed by atoms with Crippen LogP contribution in [0.3, 0.4) is 0 Å². The third-order valence-electron chi connectivity index (χ3n) is 5.99. The first-order chi connectivity index (χ1) is 10.3. The molecule has 124 valence electrons. The summed E-state index contributed by atoms with van der Waals surface area (Å²) in [7, 11) is 0. The zero-order chi connectivity index (χ0) is 15.0. The fourth-order valence-electron chi connectivity index (χ4n) is 4.79. The molecular weight excluding hydrogens is 260 g/mol. The maximum atomic E-state index is 6.02. The van der Waals surface area contributed by atoms with Crippen LogP contribution in [0.15, 0.2) is 0 Å². The van der Waals surface area contributed by atoms with Crippen molar-refractivity contribution in [1.29, 1.82) is 0 Å². The molecule has 0 amide bonds. The molecule has 0 saturated heterocycles. The van der Waals surface area contributed by atoms with Gasteiger partial charge >= 0.3 is 0 Å². The largest absolute Gasteiger partial charge is 0.381 e. The lowest BCUT2D eigenvalue weighted by Crippen LogP contribution is -2.47. The van der Waals surface area contributed by atoms with Crippen LogP contribution in [0.2, 0.25) is 0 Å². The standard InChI is InChI=1S/C19H36O2/c1-3-20-15-19(16-21-4-2,17-11-7-5-8-12-17)18-13-9-6-10-14-18/h17-18H,3-16H2,1-2H3. The molecule has 0 N–H and O–H groups in total. The molecule has 2 fully saturated rings. The molecule has 2 heteroatoms. The van der Waals surface area contributed by atoms with Crippen LogP contribution < -0.4 is 0 Å². The van der Waals surface area contributed by atoms with Gasteiger partial charge in [-0.2, -0.15) is 0 Å². The van der Waals surface area contributed by atoms with E-state index in [4.69, 9.17) is 9.47 Å². The van der Waals surface area contributed by atoms with Crippen LogP contribution in [0.5, 0.6) is 0 Å². The van der Waals surface area contributed by atoms with E-state index in [-0.39, 0.29) is 0 Å². The van der Waals surface area contributed by atoms with Crippen LogP contribution >= 0.6 is 0 Å². The second-order valence-electron chi connectivity index (χ2n) is 7.18. The molecule has 21 heavy (non-hydrogen) atoms. The minimum Gasteiger partial charge on any atom is -0.381 e. The Hall–Kier alpha value is -0.0800. The van der Waals surface area contributed by atoms with Crippen LogP contribution in [0.1, 0.15) is 78.1 Å². The molecule has 0 aromatic carbocycles. The number of ether oxygens (including phenoxy) is 2. The van der Waals surface area contributed by atoms with E-state index in [2.05, 4.69) is 13.8 Å². The Kier molecular flexibility index (Phi) is 7.53. The Balaban J connectivity index is 2.16. The molecule has 0 atom stereocenters. The van der Waals surface area contributed by atoms with Crippen molar-refractivity contribution in [3.63, 3.8) is 0 Å². The van der Waals surface area contributed by atoms with Gasteiger partial charge in [-0.3, -0.25) is 0 Å². The van der Waals surface area contributed by atoms with Crippen molar-refractivity contribution >= 4 is 0 Å². The zero-order valence-electron chi connectivity index (χ0n) is 14.4. The highest BCUT2D eigenvalue weighted by molar-refractivity contribution is 4.94. The molecule has 0 heterocycles. The van der Waals surface area contributed by atoms with Gasteiger partial charge in [-0.25, -0.2) is 0 Å². The molecule has 2 aliphatic carbocycles. The molecule has 0 unspecified atom stereocenters. The number of hydrogen-bond acceptors (Lipinski definition) is 2. The van der Waals surface area contributed by atoms with Gasteiger partial charge in [0.05, 0.1) is 13.2 Å². The summed E-state index contributed by atoms with van der Waals surface area (Å²) in [5.41, 5.74) is 0.298. The third-order valence-corrected chi connectivity index (χ3v) is 5.99. The Morgan fingerprint density at radius 1 is 0.667 bits per heavy atom. The molecule has 2 saturated carbocycles. The summed E-state index contributed by atoms with van der Waals surface area (Å²) >= 11 is 0. The predicted molar refractivity (Wildman–Crippen MR) is 88.6 cm³/mol. The van der Waals surface area contributed by atoms with Crippen molar-refractivity contribution in [2.45, 2.75) is 78.1 Å². The predicted octanol–water partition coefficient (Wildman–Crippen LogP) is 5.21. The number of hydrogen-bond donors (Lipinski definition) is 0. The van der Waals surface area contributed by atoms with E-state index in [1.807, 2.05) is 0 Å². The van der Waals surface area contributed by atoms with Crippen LogP contribution in [0, 0.1) is 17.3 Å². The average molecular weight is 296 g/mol. The van der Waals surface area contributed by atoms with Gasteiger partial charge in [-0.05, 0) is 51.4 Å². The summed E-state index contributed by atoms with van der Waals surface area (Å²) in [6.07, 6.45) is 14.1. The van der Waals surface area contributed by atoms with Gasteiger partial charge in [0.2, 0.25) is 0 Å². The maximum Gasteiger partial charge on any atom is 0.0549 e. The van der Waals surface area contributed by atoms with Crippen molar-refractivity contribution in [2.75, 3.05) is 26.4 Å². The van der Waals surface area contributed by atoms with Gasteiger partial charge in [0.1, 0.15) is 0 Å². The van der Waals surface area contributed by atoms with Crippen molar-refractivity contribution in [3.05, 3.63) is 0 Å². The second kappa shape index (κ2) is 9.15. The van der Waals surface area contributed by atoms with E-state index < -0.39 is 0 Å². The van der Waals surface area contributed by atoms with Crippen molar-refractivity contribution in [2.24, 2.45) is 17.3 Å². The molecule has 0 spiro atoms. The highest BCUT2D eigenvalue weighted by atomic mass is 16.5. The van der Waals surface area contributed by atoms with Crippen LogP contribution in [0.4, 0.5) is 0 Å². The Morgan fingerprint density at radius 2 is 1.05 bits per heavy atom. The first kappa shape index (κ1) is 17.3. The van der Waals surface area contributed by atoms with Crippen molar-refractivity contribution in [3.8, 4) is 0 Å². The first-order valence-electron chi connectivity index (χ1n) is 9.49. The number of rotatable bonds is 8. The van der Waals surface area contributed by atoms with Gasteiger partial charge in [0.15, 0.2) is 0 Å². The fourth-order valence-corrected chi connectivity index (χ4v) is 4.79. The first-order valence-corrected chi connectivity index (χ1v) is 9.49. The van der Waals surface area contributed by atoms with Crippen LogP contribution in [0.25, 0.3) is 0 Å². The lowest BCUT2D eigenvalue weighted by atomic mass is 9.59. The molecule has 0 aromatic heterocycles. The SMILES string of the molecule is CCOCC(COCC)(C1CCCCC1)C1CCCCC1.